The second-order valence-corrected chi connectivity index (χ2v) is 8.44. The predicted octanol–water partition coefficient (Wildman–Crippen LogP) is 4.38. The number of amides is 1. The van der Waals surface area contributed by atoms with Crippen molar-refractivity contribution in [2.45, 2.75) is 25.8 Å². The summed E-state index contributed by atoms with van der Waals surface area (Å²) < 4.78 is 5.71. The molecule has 5 nitrogen and oxygen atoms in total. The molecule has 146 valence electrons. The van der Waals surface area contributed by atoms with Gasteiger partial charge in [0.2, 0.25) is 0 Å². The van der Waals surface area contributed by atoms with Gasteiger partial charge < -0.3 is 9.73 Å². The predicted molar refractivity (Wildman–Crippen MR) is 112 cm³/mol. The Morgan fingerprint density at radius 3 is 2.82 bits per heavy atom. The first-order chi connectivity index (χ1) is 13.5. The molecular weight excluding hydrogens is 396 g/mol. The van der Waals surface area contributed by atoms with E-state index in [4.69, 9.17) is 16.0 Å². The second-order valence-electron chi connectivity index (χ2n) is 7.06. The molecule has 1 aliphatic rings. The molecule has 1 N–H and O–H groups in total. The molecule has 0 aliphatic carbocycles. The maximum Gasteiger partial charge on any atom is 0.287 e. The number of nitrogens with zero attached hydrogens (tertiary/aromatic N) is 1. The van der Waals surface area contributed by atoms with E-state index in [0.29, 0.717) is 22.5 Å². The van der Waals surface area contributed by atoms with Crippen molar-refractivity contribution in [2.24, 2.45) is 0 Å². The van der Waals surface area contributed by atoms with Gasteiger partial charge in [-0.1, -0.05) is 17.7 Å². The van der Waals surface area contributed by atoms with Crippen molar-refractivity contribution in [3.8, 4) is 0 Å². The van der Waals surface area contributed by atoms with E-state index in [1.807, 2.05) is 13.0 Å². The van der Waals surface area contributed by atoms with E-state index in [2.05, 4.69) is 21.7 Å². The van der Waals surface area contributed by atoms with Crippen LogP contribution in [0.3, 0.4) is 0 Å². The molecular formula is C21H21ClN2O3S. The zero-order valence-corrected chi connectivity index (χ0v) is 17.1. The lowest BCUT2D eigenvalue weighted by Crippen LogP contribution is -2.36. The molecule has 0 bridgehead atoms. The normalized spacial score (nSPS) is 15.8. The molecule has 3 aromatic rings. The molecule has 7 heteroatoms. The fraction of sp³-hybridized carbons (Fsp3) is 0.333. The second kappa shape index (κ2) is 8.07. The van der Waals surface area contributed by atoms with Crippen LogP contribution in [0.15, 0.2) is 44.9 Å². The maximum atomic E-state index is 12.7. The molecule has 1 aromatic carbocycles. The summed E-state index contributed by atoms with van der Waals surface area (Å²) in [7, 11) is 0. The summed E-state index contributed by atoms with van der Waals surface area (Å²) in [6.07, 6.45) is 2.36. The van der Waals surface area contributed by atoms with Crippen LogP contribution in [0.1, 0.15) is 39.9 Å². The van der Waals surface area contributed by atoms with Gasteiger partial charge >= 0.3 is 0 Å². The quantitative estimate of drug-likeness (QED) is 0.670. The van der Waals surface area contributed by atoms with Crippen LogP contribution in [-0.4, -0.2) is 30.4 Å². The molecule has 0 unspecified atom stereocenters. The van der Waals surface area contributed by atoms with Crippen LogP contribution in [-0.2, 0) is 0 Å². The fourth-order valence-corrected chi connectivity index (χ4v) is 4.63. The number of aryl methyl sites for hydroxylation is 1. The first-order valence-electron chi connectivity index (χ1n) is 9.32. The van der Waals surface area contributed by atoms with Crippen LogP contribution in [0.4, 0.5) is 0 Å². The van der Waals surface area contributed by atoms with Crippen LogP contribution in [0, 0.1) is 6.92 Å². The van der Waals surface area contributed by atoms with Crippen LogP contribution < -0.4 is 10.7 Å². The van der Waals surface area contributed by atoms with Gasteiger partial charge in [0.25, 0.3) is 5.91 Å². The lowest BCUT2D eigenvalue weighted by atomic mass is 10.1. The number of halogens is 1. The smallest absolute Gasteiger partial charge is 0.287 e. The van der Waals surface area contributed by atoms with Gasteiger partial charge in [0.05, 0.1) is 11.4 Å². The Bertz CT molecular complexity index is 1060. The van der Waals surface area contributed by atoms with Gasteiger partial charge in [0.15, 0.2) is 11.2 Å². The first kappa shape index (κ1) is 19.2. The molecule has 0 spiro atoms. The van der Waals surface area contributed by atoms with Gasteiger partial charge in [-0.25, -0.2) is 0 Å². The Hall–Kier alpha value is -2.15. The van der Waals surface area contributed by atoms with E-state index in [1.165, 1.54) is 23.8 Å². The van der Waals surface area contributed by atoms with Crippen molar-refractivity contribution in [1.29, 1.82) is 0 Å². The third kappa shape index (κ3) is 3.85. The van der Waals surface area contributed by atoms with Crippen molar-refractivity contribution in [2.75, 3.05) is 19.6 Å². The number of thiophene rings is 1. The number of hydrogen-bond acceptors (Lipinski definition) is 5. The number of fused-ring (bicyclic) bond motifs is 1. The van der Waals surface area contributed by atoms with Crippen LogP contribution >= 0.6 is 22.9 Å². The van der Waals surface area contributed by atoms with E-state index in [1.54, 1.807) is 23.5 Å². The van der Waals surface area contributed by atoms with Gasteiger partial charge in [-0.05, 0) is 62.0 Å². The van der Waals surface area contributed by atoms with Gasteiger partial charge in [-0.2, -0.15) is 0 Å². The number of benzene rings is 1. The lowest BCUT2D eigenvalue weighted by molar-refractivity contribution is 0.0911. The number of nitrogens with one attached hydrogen (secondary N) is 1. The van der Waals surface area contributed by atoms with Crippen LogP contribution in [0.25, 0.3) is 11.0 Å². The van der Waals surface area contributed by atoms with Crippen molar-refractivity contribution < 1.29 is 9.21 Å². The molecule has 1 fully saturated rings. The third-order valence-corrected chi connectivity index (χ3v) is 6.52. The zero-order chi connectivity index (χ0) is 19.7. The van der Waals surface area contributed by atoms with Crippen molar-refractivity contribution in [3.63, 3.8) is 0 Å². The molecule has 0 radical (unpaired) electrons. The minimum absolute atomic E-state index is 0.0190. The molecule has 1 saturated heterocycles. The Morgan fingerprint density at radius 2 is 2.11 bits per heavy atom. The SMILES string of the molecule is Cc1cc2oc(C(=O)NC[C@@H](c3cccs3)N3CCCC3)cc(=O)c2cc1Cl. The Kier molecular flexibility index (Phi) is 5.53. The summed E-state index contributed by atoms with van der Waals surface area (Å²) in [5.41, 5.74) is 0.887. The highest BCUT2D eigenvalue weighted by molar-refractivity contribution is 7.10. The molecule has 1 atom stereocenters. The fourth-order valence-electron chi connectivity index (χ4n) is 3.61. The average molecular weight is 417 g/mol. The molecule has 3 heterocycles. The third-order valence-electron chi connectivity index (χ3n) is 5.14. The van der Waals surface area contributed by atoms with Gasteiger partial charge in [0.1, 0.15) is 5.58 Å². The monoisotopic (exact) mass is 416 g/mol. The van der Waals surface area contributed by atoms with Gasteiger partial charge in [-0.15, -0.1) is 11.3 Å². The molecule has 28 heavy (non-hydrogen) atoms. The first-order valence-corrected chi connectivity index (χ1v) is 10.6. The number of hydrogen-bond donors (Lipinski definition) is 1. The number of carbonyl (C=O) groups excluding carboxylic acids is 1. The van der Waals surface area contributed by atoms with Crippen LogP contribution in [0.2, 0.25) is 5.02 Å². The van der Waals surface area contributed by atoms with E-state index < -0.39 is 0 Å². The van der Waals surface area contributed by atoms with Crippen molar-refractivity contribution in [3.05, 3.63) is 67.2 Å². The topological polar surface area (TPSA) is 62.6 Å². The summed E-state index contributed by atoms with van der Waals surface area (Å²) in [6, 6.07) is 8.77. The van der Waals surface area contributed by atoms with Gasteiger partial charge in [0, 0.05) is 22.5 Å². The summed E-state index contributed by atoms with van der Waals surface area (Å²) in [6.45, 7) is 4.37. The lowest BCUT2D eigenvalue weighted by Gasteiger charge is -2.26. The van der Waals surface area contributed by atoms with Crippen LogP contribution in [0.5, 0.6) is 0 Å². The summed E-state index contributed by atoms with van der Waals surface area (Å²) >= 11 is 7.79. The van der Waals surface area contributed by atoms with Crippen molar-refractivity contribution >= 4 is 39.8 Å². The molecule has 4 rings (SSSR count). The highest BCUT2D eigenvalue weighted by Crippen LogP contribution is 2.28. The highest BCUT2D eigenvalue weighted by atomic mass is 35.5. The average Bonchev–Trinajstić information content (AvgIpc) is 3.38. The maximum absolute atomic E-state index is 12.7. The number of rotatable bonds is 5. The van der Waals surface area contributed by atoms with E-state index >= 15 is 0 Å². The number of likely N-dealkylation sites (tertiary alicyclic amines) is 1. The molecule has 0 saturated carbocycles. The molecule has 2 aromatic heterocycles. The number of carbonyl (C=O) groups is 1. The van der Waals surface area contributed by atoms with E-state index in [9.17, 15) is 9.59 Å². The minimum Gasteiger partial charge on any atom is -0.451 e. The summed E-state index contributed by atoms with van der Waals surface area (Å²) in [5.74, 6) is -0.363. The molecule has 1 amide bonds. The Labute approximate surface area is 171 Å². The van der Waals surface area contributed by atoms with E-state index in [0.717, 1.165) is 18.7 Å². The summed E-state index contributed by atoms with van der Waals surface area (Å²) in [4.78, 5) is 28.7. The zero-order valence-electron chi connectivity index (χ0n) is 15.5. The standard InChI is InChI=1S/C21H21ClN2O3S/c1-13-9-18-14(10-15(13)22)17(25)11-19(27-18)21(26)23-12-16(20-5-4-8-28-20)24-6-2-3-7-24/h4-5,8-11,16H,2-3,6-7,12H2,1H3,(H,23,26)/t16-/m0/s1. The largest absolute Gasteiger partial charge is 0.451 e. The van der Waals surface area contributed by atoms with Gasteiger partial charge in [-0.3, -0.25) is 14.5 Å². The summed E-state index contributed by atoms with van der Waals surface area (Å²) in [5, 5.41) is 5.88. The Balaban J connectivity index is 1.55. The van der Waals surface area contributed by atoms with Crippen molar-refractivity contribution in [1.82, 2.24) is 10.2 Å². The molecule has 1 aliphatic heterocycles. The Morgan fingerprint density at radius 1 is 1.32 bits per heavy atom. The highest BCUT2D eigenvalue weighted by Gasteiger charge is 2.25. The minimum atomic E-state index is -0.382. The van der Waals surface area contributed by atoms with E-state index in [-0.39, 0.29) is 23.1 Å².